The summed E-state index contributed by atoms with van der Waals surface area (Å²) in [4.78, 5) is 0. The summed E-state index contributed by atoms with van der Waals surface area (Å²) in [6, 6.07) is 2.67. The van der Waals surface area contributed by atoms with Crippen molar-refractivity contribution in [1.29, 1.82) is 0 Å². The molecule has 0 aromatic rings. The van der Waals surface area contributed by atoms with Crippen molar-refractivity contribution in [3.05, 3.63) is 48.6 Å². The Morgan fingerprint density at radius 1 is 0.593 bits per heavy atom. The lowest BCUT2D eigenvalue weighted by molar-refractivity contribution is 0.307. The molecule has 2 rings (SSSR count). The Balaban J connectivity index is 2.08. The van der Waals surface area contributed by atoms with E-state index in [0.717, 1.165) is 13.2 Å². The lowest BCUT2D eigenvalue weighted by Crippen LogP contribution is -2.43. The van der Waals surface area contributed by atoms with Gasteiger partial charge in [0.25, 0.3) is 0 Å². The lowest BCUT2D eigenvalue weighted by Gasteiger charge is -2.40. The number of hydrogen-bond acceptors (Lipinski definition) is 2. The van der Waals surface area contributed by atoms with Gasteiger partial charge in [0.2, 0.25) is 0 Å². The standard InChI is InChI=1S/C22H40O2Si3/c1-25(2,3)23-17-11-19-27(21-13-7-8-14-21,22-15-9-10-16-22)20-12-18-24-26(4,5)6/h7-10,13-16,21-22H,11-12,17-20H2,1-6H3. The van der Waals surface area contributed by atoms with Gasteiger partial charge in [-0.1, -0.05) is 60.7 Å². The average Bonchev–Trinajstić information content (AvgIpc) is 3.25. The summed E-state index contributed by atoms with van der Waals surface area (Å²) in [5.41, 5.74) is 1.29. The molecule has 152 valence electrons. The van der Waals surface area contributed by atoms with Gasteiger partial charge in [-0.05, 0) is 63.2 Å². The van der Waals surface area contributed by atoms with E-state index in [1.165, 1.54) is 24.9 Å². The van der Waals surface area contributed by atoms with Crippen molar-refractivity contribution < 1.29 is 8.85 Å². The Bertz CT molecular complexity index is 503. The molecular weight excluding hydrogens is 380 g/mol. The van der Waals surface area contributed by atoms with Gasteiger partial charge in [0.1, 0.15) is 0 Å². The van der Waals surface area contributed by atoms with Crippen LogP contribution in [0.4, 0.5) is 0 Å². The lowest BCUT2D eigenvalue weighted by atomic mass is 10.4. The minimum Gasteiger partial charge on any atom is -0.418 e. The summed E-state index contributed by atoms with van der Waals surface area (Å²) in [6.45, 7) is 15.6. The third-order valence-corrected chi connectivity index (χ3v) is 13.6. The van der Waals surface area contributed by atoms with Crippen molar-refractivity contribution in [2.75, 3.05) is 13.2 Å². The average molecular weight is 421 g/mol. The topological polar surface area (TPSA) is 18.5 Å². The van der Waals surface area contributed by atoms with E-state index >= 15 is 0 Å². The first-order valence-electron chi connectivity index (χ1n) is 10.6. The fraction of sp³-hybridized carbons (Fsp3) is 0.636. The van der Waals surface area contributed by atoms with Crippen LogP contribution in [0.3, 0.4) is 0 Å². The van der Waals surface area contributed by atoms with E-state index in [2.05, 4.69) is 87.9 Å². The maximum atomic E-state index is 6.19. The quantitative estimate of drug-likeness (QED) is 0.252. The van der Waals surface area contributed by atoms with E-state index < -0.39 is 24.7 Å². The van der Waals surface area contributed by atoms with Crippen LogP contribution >= 0.6 is 0 Å². The highest BCUT2D eigenvalue weighted by Crippen LogP contribution is 2.47. The number of rotatable bonds is 12. The van der Waals surface area contributed by atoms with Crippen LogP contribution in [0.1, 0.15) is 12.8 Å². The molecule has 0 aromatic heterocycles. The second-order valence-corrected chi connectivity index (χ2v) is 23.8. The van der Waals surface area contributed by atoms with E-state index in [9.17, 15) is 0 Å². The fourth-order valence-electron chi connectivity index (χ4n) is 4.20. The maximum Gasteiger partial charge on any atom is 0.183 e. The monoisotopic (exact) mass is 420 g/mol. The molecule has 0 radical (unpaired) electrons. The molecule has 2 nitrogen and oxygen atoms in total. The molecule has 0 bridgehead atoms. The molecule has 0 spiro atoms. The fourth-order valence-corrected chi connectivity index (χ4v) is 11.3. The van der Waals surface area contributed by atoms with Crippen molar-refractivity contribution >= 4 is 24.7 Å². The maximum absolute atomic E-state index is 6.19. The van der Waals surface area contributed by atoms with Crippen LogP contribution in [0.5, 0.6) is 0 Å². The molecule has 2 aliphatic rings. The molecular formula is C22H40O2Si3. The minimum absolute atomic E-state index is 0.647. The predicted molar refractivity (Wildman–Crippen MR) is 127 cm³/mol. The van der Waals surface area contributed by atoms with Gasteiger partial charge in [-0.2, -0.15) is 0 Å². The normalized spacial score (nSPS) is 18.3. The Morgan fingerprint density at radius 3 is 1.22 bits per heavy atom. The van der Waals surface area contributed by atoms with Gasteiger partial charge < -0.3 is 8.85 Å². The van der Waals surface area contributed by atoms with E-state index in [1.807, 2.05) is 0 Å². The van der Waals surface area contributed by atoms with Gasteiger partial charge in [0.15, 0.2) is 16.6 Å². The molecule has 0 aromatic carbocycles. The third-order valence-electron chi connectivity index (χ3n) is 5.47. The highest BCUT2D eigenvalue weighted by molar-refractivity contribution is 6.84. The molecule has 0 aliphatic heterocycles. The highest BCUT2D eigenvalue weighted by Gasteiger charge is 2.43. The van der Waals surface area contributed by atoms with Gasteiger partial charge >= 0.3 is 0 Å². The Labute approximate surface area is 170 Å². The van der Waals surface area contributed by atoms with Gasteiger partial charge in [-0.15, -0.1) is 0 Å². The first kappa shape index (κ1) is 22.8. The third kappa shape index (κ3) is 7.46. The Kier molecular flexibility index (Phi) is 8.31. The second kappa shape index (κ2) is 9.83. The van der Waals surface area contributed by atoms with Crippen molar-refractivity contribution in [3.63, 3.8) is 0 Å². The molecule has 0 fully saturated rings. The minimum atomic E-state index is -1.60. The zero-order valence-corrected chi connectivity index (χ0v) is 21.3. The summed E-state index contributed by atoms with van der Waals surface area (Å²) in [7, 11) is -4.45. The Morgan fingerprint density at radius 2 is 0.926 bits per heavy atom. The molecule has 0 atom stereocenters. The van der Waals surface area contributed by atoms with Crippen molar-refractivity contribution in [2.24, 2.45) is 0 Å². The van der Waals surface area contributed by atoms with E-state index in [-0.39, 0.29) is 0 Å². The number of hydrogen-bond donors (Lipinski definition) is 0. The van der Waals surface area contributed by atoms with Crippen LogP contribution in [0.2, 0.25) is 62.5 Å². The van der Waals surface area contributed by atoms with Crippen LogP contribution < -0.4 is 0 Å². The van der Waals surface area contributed by atoms with Gasteiger partial charge in [-0.3, -0.25) is 0 Å². The van der Waals surface area contributed by atoms with Gasteiger partial charge in [0, 0.05) is 13.2 Å². The molecule has 5 heteroatoms. The molecule has 0 amide bonds. The largest absolute Gasteiger partial charge is 0.418 e. The van der Waals surface area contributed by atoms with Gasteiger partial charge in [0.05, 0.1) is 8.07 Å². The van der Waals surface area contributed by atoms with E-state index in [1.54, 1.807) is 0 Å². The van der Waals surface area contributed by atoms with Crippen molar-refractivity contribution in [3.8, 4) is 0 Å². The van der Waals surface area contributed by atoms with Crippen LogP contribution in [-0.2, 0) is 8.85 Å². The molecule has 0 heterocycles. The smallest absolute Gasteiger partial charge is 0.183 e. The van der Waals surface area contributed by atoms with Crippen LogP contribution in [-0.4, -0.2) is 37.9 Å². The molecule has 27 heavy (non-hydrogen) atoms. The molecule has 0 saturated heterocycles. The van der Waals surface area contributed by atoms with E-state index in [4.69, 9.17) is 8.85 Å². The first-order valence-corrected chi connectivity index (χ1v) is 20.0. The summed E-state index contributed by atoms with van der Waals surface area (Å²) in [6.07, 6.45) is 21.3. The zero-order chi connectivity index (χ0) is 20.0. The van der Waals surface area contributed by atoms with Crippen LogP contribution in [0, 0.1) is 0 Å². The predicted octanol–water partition coefficient (Wildman–Crippen LogP) is 6.91. The Hall–Kier alpha value is -0.469. The number of allylic oxidation sites excluding steroid dienone is 8. The summed E-state index contributed by atoms with van der Waals surface area (Å²) < 4.78 is 12.4. The van der Waals surface area contributed by atoms with Gasteiger partial charge in [-0.25, -0.2) is 0 Å². The molecule has 0 N–H and O–H groups in total. The van der Waals surface area contributed by atoms with Crippen molar-refractivity contribution in [1.82, 2.24) is 0 Å². The van der Waals surface area contributed by atoms with Crippen molar-refractivity contribution in [2.45, 2.75) is 75.3 Å². The molecule has 2 aliphatic carbocycles. The molecule has 0 unspecified atom stereocenters. The molecule has 0 saturated carbocycles. The summed E-state index contributed by atoms with van der Waals surface area (Å²) >= 11 is 0. The van der Waals surface area contributed by atoms with E-state index in [0.29, 0.717) is 11.1 Å². The van der Waals surface area contributed by atoms with Crippen LogP contribution in [0.15, 0.2) is 48.6 Å². The summed E-state index contributed by atoms with van der Waals surface area (Å²) in [5.74, 6) is 0. The zero-order valence-electron chi connectivity index (χ0n) is 18.3. The second-order valence-electron chi connectivity index (χ2n) is 9.95. The first-order chi connectivity index (χ1) is 12.6. The summed E-state index contributed by atoms with van der Waals surface area (Å²) in [5, 5.41) is 0. The van der Waals surface area contributed by atoms with Crippen LogP contribution in [0.25, 0.3) is 0 Å². The highest BCUT2D eigenvalue weighted by atomic mass is 28.4. The SMILES string of the molecule is C[Si](C)(C)OCCC[Si](CCCO[Si](C)(C)C)(C1C=CC=C1)C1C=CC=C1.